The molecule has 0 amide bonds. The van der Waals surface area contributed by atoms with Gasteiger partial charge in [-0.3, -0.25) is 4.99 Å². The number of hydrogen-bond donors (Lipinski definition) is 3. The van der Waals surface area contributed by atoms with Gasteiger partial charge < -0.3 is 20.3 Å². The van der Waals surface area contributed by atoms with Crippen molar-refractivity contribution in [3.8, 4) is 5.75 Å². The minimum Gasteiger partial charge on any atom is -0.497 e. The van der Waals surface area contributed by atoms with E-state index in [1.165, 1.54) is 6.42 Å². The Balaban J connectivity index is 1.44. The average molecular weight is 438 g/mol. The summed E-state index contributed by atoms with van der Waals surface area (Å²) in [5.41, 5.74) is 1.15. The number of ether oxygens (including phenoxy) is 1. The second-order valence-corrected chi connectivity index (χ2v) is 10.0. The lowest BCUT2D eigenvalue weighted by molar-refractivity contribution is 0.316. The summed E-state index contributed by atoms with van der Waals surface area (Å²) in [5, 5.41) is 6.58. The molecule has 1 aliphatic heterocycles. The second kappa shape index (κ2) is 10.9. The third-order valence-corrected chi connectivity index (χ3v) is 7.23. The highest BCUT2D eigenvalue weighted by molar-refractivity contribution is 7.89. The van der Waals surface area contributed by atoms with Crippen molar-refractivity contribution >= 4 is 21.7 Å². The van der Waals surface area contributed by atoms with Crippen LogP contribution in [0.3, 0.4) is 0 Å². The molecule has 8 nitrogen and oxygen atoms in total. The smallest absolute Gasteiger partial charge is 0.213 e. The molecule has 3 rings (SSSR count). The Kier molecular flexibility index (Phi) is 8.21. The van der Waals surface area contributed by atoms with E-state index in [0.717, 1.165) is 50.2 Å². The zero-order chi connectivity index (χ0) is 21.4. The average Bonchev–Trinajstić information content (AvgIpc) is 2.72. The summed E-state index contributed by atoms with van der Waals surface area (Å²) < 4.78 is 32.4. The second-order valence-electron chi connectivity index (χ2n) is 8.09. The standard InChI is InChI=1S/C21H35N5O3S/c1-22-21(23-11-13-30(27,28)24-15-17-6-3-7-17)25-18-8-5-12-26(16-18)19-9-4-10-20(14-19)29-2/h4,9-10,14,17-18,24H,3,5-8,11-13,15-16H2,1-2H3,(H2,22,23,25). The largest absolute Gasteiger partial charge is 0.497 e. The summed E-state index contributed by atoms with van der Waals surface area (Å²) >= 11 is 0. The zero-order valence-corrected chi connectivity index (χ0v) is 18.9. The van der Waals surface area contributed by atoms with Crippen LogP contribution in [0, 0.1) is 5.92 Å². The van der Waals surface area contributed by atoms with E-state index in [-0.39, 0.29) is 11.8 Å². The van der Waals surface area contributed by atoms with Crippen molar-refractivity contribution in [1.29, 1.82) is 0 Å². The maximum atomic E-state index is 12.2. The van der Waals surface area contributed by atoms with Crippen molar-refractivity contribution in [1.82, 2.24) is 15.4 Å². The number of benzene rings is 1. The normalized spacial score (nSPS) is 20.5. The molecule has 30 heavy (non-hydrogen) atoms. The molecule has 3 N–H and O–H groups in total. The van der Waals surface area contributed by atoms with Gasteiger partial charge in [0, 0.05) is 51.0 Å². The Bertz CT molecular complexity index is 811. The molecule has 1 atom stereocenters. The quantitative estimate of drug-likeness (QED) is 0.401. The predicted octanol–water partition coefficient (Wildman–Crippen LogP) is 1.55. The van der Waals surface area contributed by atoms with Crippen LogP contribution >= 0.6 is 0 Å². The maximum absolute atomic E-state index is 12.2. The third-order valence-electron chi connectivity index (χ3n) is 5.88. The molecule has 1 saturated carbocycles. The molecule has 2 aliphatic rings. The van der Waals surface area contributed by atoms with Crippen LogP contribution < -0.4 is 25.0 Å². The van der Waals surface area contributed by atoms with Crippen molar-refractivity contribution in [2.75, 3.05) is 51.0 Å². The Morgan fingerprint density at radius 1 is 1.27 bits per heavy atom. The van der Waals surface area contributed by atoms with Gasteiger partial charge in [-0.15, -0.1) is 0 Å². The number of anilines is 1. The lowest BCUT2D eigenvalue weighted by atomic mass is 9.86. The molecule has 0 spiro atoms. The molecular weight excluding hydrogens is 402 g/mol. The van der Waals surface area contributed by atoms with Gasteiger partial charge in [0.05, 0.1) is 12.9 Å². The molecule has 1 unspecified atom stereocenters. The van der Waals surface area contributed by atoms with Crippen LogP contribution in [-0.4, -0.2) is 66.5 Å². The van der Waals surface area contributed by atoms with Crippen LogP contribution in [0.5, 0.6) is 5.75 Å². The van der Waals surface area contributed by atoms with Crippen LogP contribution in [0.1, 0.15) is 32.1 Å². The van der Waals surface area contributed by atoms with Crippen molar-refractivity contribution in [3.05, 3.63) is 24.3 Å². The molecule has 1 aromatic rings. The number of sulfonamides is 1. The van der Waals surface area contributed by atoms with Gasteiger partial charge in [-0.2, -0.15) is 0 Å². The van der Waals surface area contributed by atoms with Crippen LogP contribution in [0.2, 0.25) is 0 Å². The third kappa shape index (κ3) is 6.77. The fourth-order valence-corrected chi connectivity index (χ4v) is 4.85. The van der Waals surface area contributed by atoms with Gasteiger partial charge in [0.15, 0.2) is 5.96 Å². The number of aliphatic imine (C=N–C) groups is 1. The van der Waals surface area contributed by atoms with Crippen LogP contribution in [0.25, 0.3) is 0 Å². The van der Waals surface area contributed by atoms with E-state index in [4.69, 9.17) is 4.74 Å². The summed E-state index contributed by atoms with van der Waals surface area (Å²) in [6.07, 6.45) is 5.59. The van der Waals surface area contributed by atoms with Crippen LogP contribution in [-0.2, 0) is 10.0 Å². The lowest BCUT2D eigenvalue weighted by Crippen LogP contribution is -2.52. The van der Waals surface area contributed by atoms with E-state index in [9.17, 15) is 8.42 Å². The summed E-state index contributed by atoms with van der Waals surface area (Å²) in [5.74, 6) is 2.05. The molecular formula is C21H35N5O3S. The molecule has 1 saturated heterocycles. The Labute approximate surface area is 180 Å². The predicted molar refractivity (Wildman–Crippen MR) is 122 cm³/mol. The molecule has 1 aliphatic carbocycles. The number of nitrogens with zero attached hydrogens (tertiary/aromatic N) is 2. The highest BCUT2D eigenvalue weighted by atomic mass is 32.2. The Morgan fingerprint density at radius 2 is 2.10 bits per heavy atom. The molecule has 2 fully saturated rings. The summed E-state index contributed by atoms with van der Waals surface area (Å²) in [7, 11) is 0.132. The lowest BCUT2D eigenvalue weighted by Gasteiger charge is -2.35. The fourth-order valence-electron chi connectivity index (χ4n) is 3.84. The molecule has 1 heterocycles. The van der Waals surface area contributed by atoms with E-state index in [2.05, 4.69) is 37.4 Å². The van der Waals surface area contributed by atoms with Gasteiger partial charge in [-0.25, -0.2) is 13.1 Å². The Hall–Kier alpha value is -2.00. The number of methoxy groups -OCH3 is 1. The highest BCUT2D eigenvalue weighted by Crippen LogP contribution is 2.25. The summed E-state index contributed by atoms with van der Waals surface area (Å²) in [6, 6.07) is 8.34. The van der Waals surface area contributed by atoms with Crippen molar-refractivity contribution < 1.29 is 13.2 Å². The number of rotatable bonds is 9. The summed E-state index contributed by atoms with van der Waals surface area (Å²) in [4.78, 5) is 6.60. The minimum absolute atomic E-state index is 0.0427. The van der Waals surface area contributed by atoms with E-state index < -0.39 is 10.0 Å². The maximum Gasteiger partial charge on any atom is 0.213 e. The van der Waals surface area contributed by atoms with E-state index in [1.807, 2.05) is 12.1 Å². The fraction of sp³-hybridized carbons (Fsp3) is 0.667. The number of hydrogen-bond acceptors (Lipinski definition) is 5. The first kappa shape index (κ1) is 22.7. The molecule has 0 radical (unpaired) electrons. The van der Waals surface area contributed by atoms with Crippen molar-refractivity contribution in [2.24, 2.45) is 10.9 Å². The number of piperidine rings is 1. The van der Waals surface area contributed by atoms with Crippen molar-refractivity contribution in [2.45, 2.75) is 38.1 Å². The van der Waals surface area contributed by atoms with Crippen molar-refractivity contribution in [3.63, 3.8) is 0 Å². The van der Waals surface area contributed by atoms with Crippen LogP contribution in [0.4, 0.5) is 5.69 Å². The number of guanidine groups is 1. The molecule has 0 bridgehead atoms. The molecule has 9 heteroatoms. The first-order valence-corrected chi connectivity index (χ1v) is 12.5. The topological polar surface area (TPSA) is 95.1 Å². The van der Waals surface area contributed by atoms with E-state index in [0.29, 0.717) is 25.0 Å². The first-order valence-electron chi connectivity index (χ1n) is 10.8. The minimum atomic E-state index is -3.26. The number of nitrogens with one attached hydrogen (secondary N) is 3. The highest BCUT2D eigenvalue weighted by Gasteiger charge is 2.22. The van der Waals surface area contributed by atoms with Gasteiger partial charge in [0.2, 0.25) is 10.0 Å². The summed E-state index contributed by atoms with van der Waals surface area (Å²) in [6.45, 7) is 2.75. The Morgan fingerprint density at radius 3 is 2.80 bits per heavy atom. The van der Waals surface area contributed by atoms with Gasteiger partial charge >= 0.3 is 0 Å². The van der Waals surface area contributed by atoms with Gasteiger partial charge in [-0.1, -0.05) is 12.5 Å². The molecule has 0 aromatic heterocycles. The monoisotopic (exact) mass is 437 g/mol. The molecule has 168 valence electrons. The molecule has 1 aromatic carbocycles. The van der Waals surface area contributed by atoms with Gasteiger partial charge in [0.1, 0.15) is 5.75 Å². The zero-order valence-electron chi connectivity index (χ0n) is 18.1. The first-order chi connectivity index (χ1) is 14.5. The van der Waals surface area contributed by atoms with Gasteiger partial charge in [-0.05, 0) is 43.7 Å². The van der Waals surface area contributed by atoms with Gasteiger partial charge in [0.25, 0.3) is 0 Å². The van der Waals surface area contributed by atoms with Crippen LogP contribution in [0.15, 0.2) is 29.3 Å². The van der Waals surface area contributed by atoms with E-state index >= 15 is 0 Å². The SMILES string of the molecule is CN=C(NCCS(=O)(=O)NCC1CCC1)NC1CCCN(c2cccc(OC)c2)C1. The van der Waals surface area contributed by atoms with E-state index in [1.54, 1.807) is 14.2 Å².